The summed E-state index contributed by atoms with van der Waals surface area (Å²) in [6, 6.07) is 0. The van der Waals surface area contributed by atoms with E-state index in [2.05, 4.69) is 0 Å². The molecule has 0 amide bonds. The quantitative estimate of drug-likeness (QED) is 0.302. The summed E-state index contributed by atoms with van der Waals surface area (Å²) in [4.78, 5) is 0. The van der Waals surface area contributed by atoms with E-state index < -0.39 is 0 Å². The molecule has 0 bridgehead atoms. The van der Waals surface area contributed by atoms with Gasteiger partial charge in [-0.25, -0.2) is 0 Å². The van der Waals surface area contributed by atoms with E-state index in [4.69, 9.17) is 0 Å². The van der Waals surface area contributed by atoms with Gasteiger partial charge in [0, 0.05) is 0 Å². The normalized spacial score (nSPS) is 0. The van der Waals surface area contributed by atoms with Crippen molar-refractivity contribution < 1.29 is 111 Å². The van der Waals surface area contributed by atoms with E-state index in [1.54, 1.807) is 0 Å². The first kappa shape index (κ1) is 39.3. The van der Waals surface area contributed by atoms with E-state index in [1.807, 2.05) is 0 Å². The molecule has 0 aliphatic carbocycles. The van der Waals surface area contributed by atoms with Crippen molar-refractivity contribution >= 4 is 0 Å². The van der Waals surface area contributed by atoms with Crippen molar-refractivity contribution in [1.82, 2.24) is 0 Å². The number of rotatable bonds is 0. The van der Waals surface area contributed by atoms with Crippen molar-refractivity contribution in [3.63, 3.8) is 0 Å². The van der Waals surface area contributed by atoms with E-state index in [0.29, 0.717) is 0 Å². The Hall–Kier alpha value is 3.47. The van der Waals surface area contributed by atoms with Gasteiger partial charge in [0.2, 0.25) is 0 Å². The molecular weight excluding hydrogens is 144 g/mol. The van der Waals surface area contributed by atoms with E-state index >= 15 is 0 Å². The summed E-state index contributed by atoms with van der Waals surface area (Å²) in [5.41, 5.74) is 0. The van der Waals surface area contributed by atoms with Gasteiger partial charge < -0.3 is 5.48 Å². The molecule has 15 valence electrons. The van der Waals surface area contributed by atoms with Gasteiger partial charge in [0.1, 0.15) is 0 Å². The Morgan fingerprint density at radius 3 is 0.600 bits per heavy atom. The van der Waals surface area contributed by atoms with Gasteiger partial charge in [-0.05, 0) is 0 Å². The predicted molar refractivity (Wildman–Crippen MR) is 0.686 cm³/mol. The van der Waals surface area contributed by atoms with E-state index in [-0.39, 0.29) is 111 Å². The van der Waals surface area contributed by atoms with Crippen molar-refractivity contribution in [1.29, 1.82) is 0 Å². The largest absolute Gasteiger partial charge is 2.00 e. The summed E-state index contributed by atoms with van der Waals surface area (Å²) in [6.45, 7) is 0. The summed E-state index contributed by atoms with van der Waals surface area (Å²) in [5, 5.41) is 0. The van der Waals surface area contributed by atoms with Crippen molar-refractivity contribution in [3.05, 3.63) is 0 Å². The Morgan fingerprint density at radius 2 is 0.600 bits per heavy atom. The fourth-order valence-corrected chi connectivity index (χ4v) is 0. The van der Waals surface area contributed by atoms with Gasteiger partial charge in [-0.3, -0.25) is 0 Å². The maximum atomic E-state index is 0. The predicted octanol–water partition coefficient (Wildman–Crippen LogP) is -9.11. The molecule has 0 aromatic heterocycles. The van der Waals surface area contributed by atoms with Crippen LogP contribution in [0.1, 0.15) is 0 Å². The van der Waals surface area contributed by atoms with Gasteiger partial charge in [-0.15, -0.1) is 0 Å². The molecule has 0 N–H and O–H groups in total. The zero-order valence-corrected chi connectivity index (χ0v) is 10.8. The van der Waals surface area contributed by atoms with E-state index in [1.165, 1.54) is 0 Å². The van der Waals surface area contributed by atoms with Gasteiger partial charge in [-0.1, -0.05) is 0 Å². The average molecular weight is 144 g/mol. The summed E-state index contributed by atoms with van der Waals surface area (Å²) < 4.78 is 0. The molecule has 0 atom stereocenters. The third-order valence-corrected chi connectivity index (χ3v) is 0. The first-order valence-electron chi connectivity index (χ1n) is 0. The van der Waals surface area contributed by atoms with Crippen LogP contribution < -0.4 is 88.7 Å². The standard InChI is InChI=1S/Co.3Na.O/q+2;3*+1;-2. The van der Waals surface area contributed by atoms with Gasteiger partial charge in [0.25, 0.3) is 0 Å². The Labute approximate surface area is 108 Å². The first-order chi connectivity index (χ1) is 0. The first-order valence-corrected chi connectivity index (χ1v) is 0. The fourth-order valence-electron chi connectivity index (χ4n) is 0. The summed E-state index contributed by atoms with van der Waals surface area (Å²) in [6.07, 6.45) is 0. The third kappa shape index (κ3) is 18.6. The van der Waals surface area contributed by atoms with Crippen LogP contribution in [0.3, 0.4) is 0 Å². The summed E-state index contributed by atoms with van der Waals surface area (Å²) in [7, 11) is 0. The maximum Gasteiger partial charge on any atom is 2.00 e. The number of hydrogen-bond donors (Lipinski definition) is 0. The van der Waals surface area contributed by atoms with Gasteiger partial charge in [0.05, 0.1) is 0 Å². The molecule has 0 unspecified atom stereocenters. The Balaban J connectivity index is 0. The summed E-state index contributed by atoms with van der Waals surface area (Å²) in [5.74, 6) is 0. The zero-order valence-electron chi connectivity index (χ0n) is 3.74. The van der Waals surface area contributed by atoms with Crippen LogP contribution >= 0.6 is 0 Å². The van der Waals surface area contributed by atoms with Crippen LogP contribution in [0.5, 0.6) is 0 Å². The minimum atomic E-state index is 0. The molecule has 0 rings (SSSR count). The molecule has 0 saturated heterocycles. The van der Waals surface area contributed by atoms with E-state index in [9.17, 15) is 0 Å². The zero-order chi connectivity index (χ0) is 0. The smallest absolute Gasteiger partial charge is 2.00 e. The topological polar surface area (TPSA) is 28.5 Å². The van der Waals surface area contributed by atoms with Gasteiger partial charge in [0.15, 0.2) is 0 Å². The molecule has 0 aromatic rings. The van der Waals surface area contributed by atoms with Crippen LogP contribution in [-0.2, 0) is 22.3 Å². The van der Waals surface area contributed by atoms with Crippen molar-refractivity contribution in [2.75, 3.05) is 0 Å². The second-order valence-corrected chi connectivity index (χ2v) is 0. The molecule has 0 spiro atoms. The van der Waals surface area contributed by atoms with Crippen molar-refractivity contribution in [3.8, 4) is 0 Å². The Bertz CT molecular complexity index is 6.85. The van der Waals surface area contributed by atoms with Crippen LogP contribution in [0.2, 0.25) is 0 Å². The minimum absolute atomic E-state index is 0. The molecule has 0 aliphatic heterocycles. The molecule has 0 fully saturated rings. The van der Waals surface area contributed by atoms with Crippen molar-refractivity contribution in [2.45, 2.75) is 0 Å². The van der Waals surface area contributed by atoms with E-state index in [0.717, 1.165) is 0 Å². The molecule has 1 nitrogen and oxygen atoms in total. The van der Waals surface area contributed by atoms with Crippen LogP contribution in [-0.4, -0.2) is 0 Å². The van der Waals surface area contributed by atoms with Gasteiger partial charge >= 0.3 is 105 Å². The molecule has 0 aromatic carbocycles. The summed E-state index contributed by atoms with van der Waals surface area (Å²) >= 11 is 0. The van der Waals surface area contributed by atoms with Crippen LogP contribution in [0.4, 0.5) is 0 Å². The van der Waals surface area contributed by atoms with Gasteiger partial charge in [-0.2, -0.15) is 0 Å². The second-order valence-electron chi connectivity index (χ2n) is 0. The molecule has 5 heteroatoms. The fraction of sp³-hybridized carbons (Fsp3) is 0. The second kappa shape index (κ2) is 26.0. The van der Waals surface area contributed by atoms with Crippen LogP contribution in [0, 0.1) is 0 Å². The monoisotopic (exact) mass is 144 g/mol. The molecule has 5 heavy (non-hydrogen) atoms. The molecule has 0 saturated carbocycles. The maximum absolute atomic E-state index is 0. The van der Waals surface area contributed by atoms with Crippen molar-refractivity contribution in [2.24, 2.45) is 0 Å². The number of hydrogen-bond acceptors (Lipinski definition) is 0. The average Bonchev–Trinajstić information content (AvgIpc) is 0. The van der Waals surface area contributed by atoms with Crippen LogP contribution in [0.15, 0.2) is 0 Å². The molecule has 0 heterocycles. The Morgan fingerprint density at radius 1 is 0.600 bits per heavy atom. The minimum Gasteiger partial charge on any atom is -2.00 e. The Kier molecular flexibility index (Phi) is 204. The molecule has 1 radical (unpaired) electrons. The SMILES string of the molecule is [Co+2].[Na+].[Na+].[Na+].[O-2]. The third-order valence-electron chi connectivity index (χ3n) is 0. The van der Waals surface area contributed by atoms with Crippen LogP contribution in [0.25, 0.3) is 0 Å². The molecule has 0 aliphatic rings. The molecular formula is CoNa3O+3.